The van der Waals surface area contributed by atoms with Crippen molar-refractivity contribution in [3.05, 3.63) is 40.3 Å². The molecule has 1 aromatic rings. The second kappa shape index (κ2) is 6.98. The van der Waals surface area contributed by atoms with Crippen LogP contribution in [0.15, 0.2) is 29.2 Å². The molecule has 0 saturated carbocycles. The monoisotopic (exact) mass is 361 g/mol. The second-order valence-electron chi connectivity index (χ2n) is 7.30. The molecule has 2 saturated heterocycles. The Morgan fingerprint density at radius 3 is 2.62 bits per heavy atom. The van der Waals surface area contributed by atoms with Crippen molar-refractivity contribution < 1.29 is 9.53 Å². The third-order valence-electron chi connectivity index (χ3n) is 4.36. The molecule has 0 aliphatic carbocycles. The third-order valence-corrected chi connectivity index (χ3v) is 5.74. The molecule has 3 rings (SSSR count). The van der Waals surface area contributed by atoms with Crippen molar-refractivity contribution in [2.75, 3.05) is 13.2 Å². The number of amides is 1. The topological polar surface area (TPSA) is 29.5 Å². The average molecular weight is 362 g/mol. The molecular formula is C19H23NO2S2. The zero-order valence-electron chi connectivity index (χ0n) is 14.4. The fourth-order valence-electron chi connectivity index (χ4n) is 2.88. The van der Waals surface area contributed by atoms with E-state index in [0.29, 0.717) is 15.8 Å². The lowest BCUT2D eigenvalue weighted by atomic mass is 9.87. The number of ether oxygens (including phenoxy) is 1. The molecule has 3 nitrogen and oxygen atoms in total. The van der Waals surface area contributed by atoms with Crippen LogP contribution >= 0.6 is 24.0 Å². The van der Waals surface area contributed by atoms with Crippen LogP contribution in [-0.2, 0) is 14.9 Å². The van der Waals surface area contributed by atoms with E-state index >= 15 is 0 Å². The highest BCUT2D eigenvalue weighted by atomic mass is 32.2. The number of rotatable bonds is 3. The molecule has 5 heteroatoms. The van der Waals surface area contributed by atoms with Crippen LogP contribution in [-0.4, -0.2) is 34.4 Å². The first-order chi connectivity index (χ1) is 11.3. The molecule has 2 aliphatic heterocycles. The summed E-state index contributed by atoms with van der Waals surface area (Å²) in [6.07, 6.45) is 4.12. The van der Waals surface area contributed by atoms with Gasteiger partial charge in [0.2, 0.25) is 0 Å². The van der Waals surface area contributed by atoms with E-state index in [1.165, 1.54) is 17.3 Å². The summed E-state index contributed by atoms with van der Waals surface area (Å²) in [4.78, 5) is 15.0. The Morgan fingerprint density at radius 2 is 2.04 bits per heavy atom. The molecule has 24 heavy (non-hydrogen) atoms. The number of benzene rings is 1. The predicted molar refractivity (Wildman–Crippen MR) is 104 cm³/mol. The molecule has 2 aliphatic rings. The Hall–Kier alpha value is -1.17. The zero-order chi connectivity index (χ0) is 17.3. The van der Waals surface area contributed by atoms with Gasteiger partial charge in [-0.3, -0.25) is 9.69 Å². The molecule has 2 heterocycles. The number of thioether (sulfide) groups is 1. The van der Waals surface area contributed by atoms with Crippen molar-refractivity contribution in [3.63, 3.8) is 0 Å². The van der Waals surface area contributed by atoms with Crippen LogP contribution in [0.3, 0.4) is 0 Å². The van der Waals surface area contributed by atoms with Crippen LogP contribution in [0.25, 0.3) is 6.08 Å². The molecule has 0 unspecified atom stereocenters. The Morgan fingerprint density at radius 1 is 1.33 bits per heavy atom. The van der Waals surface area contributed by atoms with Gasteiger partial charge in [-0.1, -0.05) is 69.0 Å². The van der Waals surface area contributed by atoms with Crippen LogP contribution in [0.4, 0.5) is 0 Å². The van der Waals surface area contributed by atoms with Crippen LogP contribution < -0.4 is 0 Å². The highest BCUT2D eigenvalue weighted by Gasteiger charge is 2.34. The van der Waals surface area contributed by atoms with Crippen LogP contribution in [0.2, 0.25) is 0 Å². The fraction of sp³-hybridized carbons (Fsp3) is 0.474. The highest BCUT2D eigenvalue weighted by Crippen LogP contribution is 2.33. The van der Waals surface area contributed by atoms with Crippen molar-refractivity contribution in [1.82, 2.24) is 4.90 Å². The van der Waals surface area contributed by atoms with Gasteiger partial charge < -0.3 is 4.74 Å². The average Bonchev–Trinajstić information content (AvgIpc) is 3.12. The molecule has 0 aromatic heterocycles. The fourth-order valence-corrected chi connectivity index (χ4v) is 4.16. The standard InChI is InChI=1S/C19H23NO2S2/c1-19(2,3)14-8-6-13(7-9-14)11-16-17(21)20(18(23)24-16)12-15-5-4-10-22-15/h6-9,11,15H,4-5,10,12H2,1-3H3/b16-11-/t15-/m0/s1. The number of thiocarbonyl (C=S) groups is 1. The van der Waals surface area contributed by atoms with Crippen molar-refractivity contribution in [1.29, 1.82) is 0 Å². The first-order valence-corrected chi connectivity index (χ1v) is 9.54. The van der Waals surface area contributed by atoms with Gasteiger partial charge >= 0.3 is 0 Å². The summed E-state index contributed by atoms with van der Waals surface area (Å²) in [5.74, 6) is 0.000368. The SMILES string of the molecule is CC(C)(C)c1ccc(/C=C2\SC(=S)N(C[C@@H]3CCCO3)C2=O)cc1. The van der Waals surface area contributed by atoms with Gasteiger partial charge in [0.05, 0.1) is 17.6 Å². The summed E-state index contributed by atoms with van der Waals surface area (Å²) in [7, 11) is 0. The van der Waals surface area contributed by atoms with Gasteiger partial charge in [-0.2, -0.15) is 0 Å². The minimum Gasteiger partial charge on any atom is -0.376 e. The lowest BCUT2D eigenvalue weighted by molar-refractivity contribution is -0.123. The Bertz CT molecular complexity index is 668. The van der Waals surface area contributed by atoms with E-state index < -0.39 is 0 Å². The number of carbonyl (C=O) groups is 1. The van der Waals surface area contributed by atoms with Crippen LogP contribution in [0.5, 0.6) is 0 Å². The van der Waals surface area contributed by atoms with Crippen molar-refractivity contribution in [3.8, 4) is 0 Å². The smallest absolute Gasteiger partial charge is 0.266 e. The van der Waals surface area contributed by atoms with Gasteiger partial charge in [0, 0.05) is 6.61 Å². The third kappa shape index (κ3) is 3.90. The molecule has 1 aromatic carbocycles. The lowest BCUT2D eigenvalue weighted by Crippen LogP contribution is -2.35. The maximum atomic E-state index is 12.6. The maximum absolute atomic E-state index is 12.6. The van der Waals surface area contributed by atoms with E-state index in [1.807, 2.05) is 6.08 Å². The van der Waals surface area contributed by atoms with E-state index in [2.05, 4.69) is 45.0 Å². The second-order valence-corrected chi connectivity index (χ2v) is 8.98. The molecule has 0 spiro atoms. The van der Waals surface area contributed by atoms with Gasteiger partial charge in [-0.25, -0.2) is 0 Å². The highest BCUT2D eigenvalue weighted by molar-refractivity contribution is 8.26. The quantitative estimate of drug-likeness (QED) is 0.591. The largest absolute Gasteiger partial charge is 0.376 e. The Labute approximate surface area is 153 Å². The molecule has 0 N–H and O–H groups in total. The van der Waals surface area contributed by atoms with E-state index in [-0.39, 0.29) is 17.4 Å². The zero-order valence-corrected chi connectivity index (χ0v) is 16.0. The van der Waals surface area contributed by atoms with E-state index in [4.69, 9.17) is 17.0 Å². The summed E-state index contributed by atoms with van der Waals surface area (Å²) < 4.78 is 6.26. The van der Waals surface area contributed by atoms with Gasteiger partial charge in [0.1, 0.15) is 4.32 Å². The number of hydrogen-bond donors (Lipinski definition) is 0. The van der Waals surface area contributed by atoms with Gasteiger partial charge in [0.25, 0.3) is 5.91 Å². The van der Waals surface area contributed by atoms with Crippen LogP contribution in [0.1, 0.15) is 44.7 Å². The molecule has 0 radical (unpaired) electrons. The maximum Gasteiger partial charge on any atom is 0.266 e. The summed E-state index contributed by atoms with van der Waals surface area (Å²) >= 11 is 6.77. The van der Waals surface area contributed by atoms with E-state index in [0.717, 1.165) is 25.0 Å². The van der Waals surface area contributed by atoms with Gasteiger partial charge in [-0.15, -0.1) is 0 Å². The molecule has 1 atom stereocenters. The molecule has 1 amide bonds. The summed E-state index contributed by atoms with van der Waals surface area (Å²) in [6, 6.07) is 8.37. The van der Waals surface area contributed by atoms with Crippen molar-refractivity contribution >= 4 is 40.3 Å². The number of carbonyl (C=O) groups excluding carboxylic acids is 1. The molecule has 0 bridgehead atoms. The molecule has 2 fully saturated rings. The van der Waals surface area contributed by atoms with Crippen molar-refractivity contribution in [2.45, 2.75) is 45.1 Å². The molecule has 128 valence electrons. The van der Waals surface area contributed by atoms with Gasteiger partial charge in [0.15, 0.2) is 0 Å². The Kier molecular flexibility index (Phi) is 5.13. The van der Waals surface area contributed by atoms with Crippen molar-refractivity contribution in [2.24, 2.45) is 0 Å². The summed E-state index contributed by atoms with van der Waals surface area (Å²) in [6.45, 7) is 7.94. The first-order valence-electron chi connectivity index (χ1n) is 8.32. The number of nitrogens with zero attached hydrogens (tertiary/aromatic N) is 1. The van der Waals surface area contributed by atoms with Crippen LogP contribution in [0, 0.1) is 0 Å². The molecular weight excluding hydrogens is 338 g/mol. The minimum atomic E-state index is 0.000368. The minimum absolute atomic E-state index is 0.000368. The van der Waals surface area contributed by atoms with E-state index in [9.17, 15) is 4.79 Å². The normalized spacial score (nSPS) is 23.5. The predicted octanol–water partition coefficient (Wildman–Crippen LogP) is 4.36. The lowest BCUT2D eigenvalue weighted by Gasteiger charge is -2.19. The first kappa shape index (κ1) is 17.6. The number of hydrogen-bond acceptors (Lipinski definition) is 4. The van der Waals surface area contributed by atoms with Gasteiger partial charge in [-0.05, 0) is 35.5 Å². The summed E-state index contributed by atoms with van der Waals surface area (Å²) in [5, 5.41) is 0. The van der Waals surface area contributed by atoms with E-state index in [1.54, 1.807) is 4.90 Å². The summed E-state index contributed by atoms with van der Waals surface area (Å²) in [5.41, 5.74) is 2.44. The Balaban J connectivity index is 1.73.